The van der Waals surface area contributed by atoms with E-state index in [4.69, 9.17) is 4.42 Å². The maximum absolute atomic E-state index is 13.3. The van der Waals surface area contributed by atoms with Crippen LogP contribution in [0.3, 0.4) is 0 Å². The lowest BCUT2D eigenvalue weighted by Gasteiger charge is -2.17. The molecule has 0 aliphatic heterocycles. The van der Waals surface area contributed by atoms with Crippen LogP contribution in [0.15, 0.2) is 71.3 Å². The van der Waals surface area contributed by atoms with Gasteiger partial charge in [-0.1, -0.05) is 30.3 Å². The van der Waals surface area contributed by atoms with Gasteiger partial charge in [0.1, 0.15) is 23.4 Å². The van der Waals surface area contributed by atoms with Crippen molar-refractivity contribution in [2.24, 2.45) is 0 Å². The predicted octanol–water partition coefficient (Wildman–Crippen LogP) is 4.08. The van der Waals surface area contributed by atoms with Gasteiger partial charge >= 0.3 is 0 Å². The third-order valence-corrected chi connectivity index (χ3v) is 3.36. The van der Waals surface area contributed by atoms with Crippen LogP contribution < -0.4 is 5.32 Å². The van der Waals surface area contributed by atoms with Crippen molar-refractivity contribution in [3.63, 3.8) is 0 Å². The smallest absolute Gasteiger partial charge is 0.252 e. The highest BCUT2D eigenvalue weighted by molar-refractivity contribution is 5.94. The number of benzene rings is 2. The van der Waals surface area contributed by atoms with E-state index in [9.17, 15) is 13.6 Å². The Balaban J connectivity index is 1.91. The number of furan rings is 1. The number of carbonyl (C=O) groups is 1. The van der Waals surface area contributed by atoms with Gasteiger partial charge < -0.3 is 9.73 Å². The number of hydrogen-bond acceptors (Lipinski definition) is 2. The molecule has 0 saturated carbocycles. The maximum Gasteiger partial charge on any atom is 0.252 e. The second-order valence-electron chi connectivity index (χ2n) is 4.99. The zero-order valence-electron chi connectivity index (χ0n) is 12.0. The second kappa shape index (κ2) is 6.44. The van der Waals surface area contributed by atoms with E-state index >= 15 is 0 Å². The van der Waals surface area contributed by atoms with Gasteiger partial charge in [0.15, 0.2) is 0 Å². The van der Waals surface area contributed by atoms with Crippen LogP contribution in [0.4, 0.5) is 8.78 Å². The van der Waals surface area contributed by atoms with Crippen LogP contribution >= 0.6 is 0 Å². The molecule has 0 saturated heterocycles. The summed E-state index contributed by atoms with van der Waals surface area (Å²) in [4.78, 5) is 12.3. The van der Waals surface area contributed by atoms with Crippen molar-refractivity contribution in [2.45, 2.75) is 6.04 Å². The molecule has 0 unspecified atom stereocenters. The average molecular weight is 313 g/mol. The van der Waals surface area contributed by atoms with Crippen LogP contribution in [-0.2, 0) is 0 Å². The molecule has 1 aromatic heterocycles. The third-order valence-electron chi connectivity index (χ3n) is 3.36. The summed E-state index contributed by atoms with van der Waals surface area (Å²) >= 11 is 0. The molecule has 5 heteroatoms. The van der Waals surface area contributed by atoms with Gasteiger partial charge in [-0.25, -0.2) is 8.78 Å². The number of nitrogens with one attached hydrogen (secondary N) is 1. The molecule has 0 aliphatic rings. The molecule has 1 N–H and O–H groups in total. The van der Waals surface area contributed by atoms with Crippen LogP contribution in [0, 0.1) is 11.6 Å². The molecular formula is C18H13F2NO2. The van der Waals surface area contributed by atoms with E-state index in [2.05, 4.69) is 5.32 Å². The van der Waals surface area contributed by atoms with E-state index < -0.39 is 23.6 Å². The highest BCUT2D eigenvalue weighted by Gasteiger charge is 2.20. The lowest BCUT2D eigenvalue weighted by Crippen LogP contribution is -2.29. The molecule has 0 spiro atoms. The van der Waals surface area contributed by atoms with Crippen molar-refractivity contribution < 1.29 is 18.0 Å². The zero-order valence-corrected chi connectivity index (χ0v) is 12.0. The predicted molar refractivity (Wildman–Crippen MR) is 80.8 cm³/mol. The summed E-state index contributed by atoms with van der Waals surface area (Å²) in [6.45, 7) is 0. The Bertz CT molecular complexity index is 781. The number of hydrogen-bond donors (Lipinski definition) is 1. The minimum Gasteiger partial charge on any atom is -0.467 e. The molecule has 2 aromatic carbocycles. The summed E-state index contributed by atoms with van der Waals surface area (Å²) in [5.74, 6) is -1.66. The molecule has 116 valence electrons. The van der Waals surface area contributed by atoms with Crippen molar-refractivity contribution >= 4 is 5.91 Å². The summed E-state index contributed by atoms with van der Waals surface area (Å²) in [6.07, 6.45) is 1.50. The van der Waals surface area contributed by atoms with Crippen molar-refractivity contribution in [1.82, 2.24) is 5.32 Å². The molecule has 0 radical (unpaired) electrons. The molecule has 0 bridgehead atoms. The molecular weight excluding hydrogens is 300 g/mol. The molecule has 0 aliphatic carbocycles. The van der Waals surface area contributed by atoms with Gasteiger partial charge in [-0.05, 0) is 29.8 Å². The second-order valence-corrected chi connectivity index (χ2v) is 4.99. The lowest BCUT2D eigenvalue weighted by molar-refractivity contribution is 0.0938. The molecule has 1 amide bonds. The summed E-state index contributed by atoms with van der Waals surface area (Å²) in [7, 11) is 0. The van der Waals surface area contributed by atoms with Gasteiger partial charge in [0.2, 0.25) is 0 Å². The van der Waals surface area contributed by atoms with Crippen molar-refractivity contribution in [3.05, 3.63) is 95.4 Å². The monoisotopic (exact) mass is 313 g/mol. The zero-order chi connectivity index (χ0) is 16.2. The Labute approximate surface area is 131 Å². The molecule has 1 atom stereocenters. The quantitative estimate of drug-likeness (QED) is 0.788. The molecule has 0 fully saturated rings. The first kappa shape index (κ1) is 15.0. The van der Waals surface area contributed by atoms with Gasteiger partial charge in [-0.3, -0.25) is 4.79 Å². The Hall–Kier alpha value is -2.95. The largest absolute Gasteiger partial charge is 0.467 e. The highest BCUT2D eigenvalue weighted by atomic mass is 19.1. The number of carbonyl (C=O) groups excluding carboxylic acids is 1. The summed E-state index contributed by atoms with van der Waals surface area (Å²) in [5, 5.41) is 2.74. The van der Waals surface area contributed by atoms with Crippen molar-refractivity contribution in [2.75, 3.05) is 0 Å². The van der Waals surface area contributed by atoms with Gasteiger partial charge in [0.25, 0.3) is 5.91 Å². The Morgan fingerprint density at radius 2 is 1.65 bits per heavy atom. The summed E-state index contributed by atoms with van der Waals surface area (Å²) in [5.41, 5.74) is 0.711. The number of amides is 1. The van der Waals surface area contributed by atoms with Crippen LogP contribution in [-0.4, -0.2) is 5.91 Å². The van der Waals surface area contributed by atoms with Crippen LogP contribution in [0.1, 0.15) is 27.7 Å². The molecule has 3 nitrogen and oxygen atoms in total. The van der Waals surface area contributed by atoms with E-state index in [1.807, 2.05) is 30.3 Å². The molecule has 1 heterocycles. The topological polar surface area (TPSA) is 42.2 Å². The van der Waals surface area contributed by atoms with Gasteiger partial charge in [0, 0.05) is 11.6 Å². The highest BCUT2D eigenvalue weighted by Crippen LogP contribution is 2.23. The van der Waals surface area contributed by atoms with Gasteiger partial charge in [0.05, 0.1) is 6.26 Å². The fraction of sp³-hybridized carbons (Fsp3) is 0.0556. The Morgan fingerprint density at radius 3 is 2.26 bits per heavy atom. The standard InChI is InChI=1S/C18H13F2NO2/c19-14-9-13(10-15(20)11-14)18(22)21-17(16-7-4-8-23-16)12-5-2-1-3-6-12/h1-11,17H,(H,21,22)/t17-/m1/s1. The minimum atomic E-state index is -0.801. The Kier molecular flexibility index (Phi) is 4.19. The fourth-order valence-electron chi connectivity index (χ4n) is 2.32. The first-order valence-electron chi connectivity index (χ1n) is 6.99. The Morgan fingerprint density at radius 1 is 0.957 bits per heavy atom. The summed E-state index contributed by atoms with van der Waals surface area (Å²) < 4.78 is 31.9. The van der Waals surface area contributed by atoms with E-state index in [0.717, 1.165) is 23.8 Å². The van der Waals surface area contributed by atoms with Crippen LogP contribution in [0.25, 0.3) is 0 Å². The average Bonchev–Trinajstić information content (AvgIpc) is 3.06. The van der Waals surface area contributed by atoms with Crippen molar-refractivity contribution in [3.8, 4) is 0 Å². The van der Waals surface area contributed by atoms with E-state index in [0.29, 0.717) is 5.76 Å². The van der Waals surface area contributed by atoms with E-state index in [1.165, 1.54) is 6.26 Å². The molecule has 23 heavy (non-hydrogen) atoms. The van der Waals surface area contributed by atoms with E-state index in [-0.39, 0.29) is 5.56 Å². The van der Waals surface area contributed by atoms with Crippen LogP contribution in [0.5, 0.6) is 0 Å². The number of halogens is 2. The third kappa shape index (κ3) is 3.45. The lowest BCUT2D eigenvalue weighted by atomic mass is 10.0. The number of rotatable bonds is 4. The first-order valence-corrected chi connectivity index (χ1v) is 6.99. The van der Waals surface area contributed by atoms with Crippen LogP contribution in [0.2, 0.25) is 0 Å². The van der Waals surface area contributed by atoms with Crippen molar-refractivity contribution in [1.29, 1.82) is 0 Å². The molecule has 3 rings (SSSR count). The summed E-state index contributed by atoms with van der Waals surface area (Å²) in [6, 6.07) is 14.8. The molecule has 3 aromatic rings. The van der Waals surface area contributed by atoms with E-state index in [1.54, 1.807) is 12.1 Å². The fourth-order valence-corrected chi connectivity index (χ4v) is 2.32. The maximum atomic E-state index is 13.3. The minimum absolute atomic E-state index is 0.0880. The first-order chi connectivity index (χ1) is 11.1. The SMILES string of the molecule is O=C(N[C@H](c1ccccc1)c1ccco1)c1cc(F)cc(F)c1. The van der Waals surface area contributed by atoms with Gasteiger partial charge in [-0.2, -0.15) is 0 Å². The normalized spacial score (nSPS) is 11.9. The van der Waals surface area contributed by atoms with Gasteiger partial charge in [-0.15, -0.1) is 0 Å².